The Labute approximate surface area is 225 Å². The summed E-state index contributed by atoms with van der Waals surface area (Å²) in [5, 5.41) is 13.5. The van der Waals surface area contributed by atoms with Crippen LogP contribution in [0.4, 0.5) is 0 Å². The van der Waals surface area contributed by atoms with Crippen LogP contribution in [0.15, 0.2) is 57.5 Å². The maximum absolute atomic E-state index is 5.05. The van der Waals surface area contributed by atoms with Gasteiger partial charge in [0.15, 0.2) is 5.82 Å². The number of allylic oxidation sites excluding steroid dienone is 3. The minimum absolute atomic E-state index is 0.345. The van der Waals surface area contributed by atoms with Crippen LogP contribution in [0, 0.1) is 33.1 Å². The molecule has 0 aromatic carbocycles. The van der Waals surface area contributed by atoms with Crippen LogP contribution in [0.2, 0.25) is 0 Å². The maximum atomic E-state index is 5.05. The first-order valence-electron chi connectivity index (χ1n) is 12.4. The van der Waals surface area contributed by atoms with Crippen molar-refractivity contribution in [3.63, 3.8) is 0 Å². The number of thiophene rings is 1. The smallest absolute Gasteiger partial charge is 0.256 e. The van der Waals surface area contributed by atoms with Gasteiger partial charge in [0.2, 0.25) is 0 Å². The molecule has 0 saturated carbocycles. The van der Waals surface area contributed by atoms with Crippen LogP contribution in [0.25, 0.3) is 23.5 Å². The van der Waals surface area contributed by atoms with E-state index in [1.54, 1.807) is 20.7 Å². The Hall–Kier alpha value is -4.18. The molecule has 0 aliphatic carbocycles. The lowest BCUT2D eigenvalue weighted by atomic mass is 9.80. The first-order chi connectivity index (χ1) is 18.1. The van der Waals surface area contributed by atoms with Gasteiger partial charge in [0.1, 0.15) is 5.84 Å². The van der Waals surface area contributed by atoms with Crippen molar-refractivity contribution in [3.8, 4) is 11.9 Å². The van der Waals surface area contributed by atoms with E-state index in [4.69, 9.17) is 19.9 Å². The van der Waals surface area contributed by atoms with Crippen molar-refractivity contribution in [1.29, 1.82) is 0 Å². The Kier molecular flexibility index (Phi) is 5.53. The van der Waals surface area contributed by atoms with Crippen LogP contribution in [-0.4, -0.2) is 52.3 Å². The van der Waals surface area contributed by atoms with Crippen LogP contribution >= 0.6 is 11.3 Å². The summed E-state index contributed by atoms with van der Waals surface area (Å²) in [6, 6.07) is 6.15. The van der Waals surface area contributed by atoms with Gasteiger partial charge in [-0.15, -0.1) is 0 Å². The molecule has 192 valence electrons. The number of likely N-dealkylation sites (N-methyl/N-ethyl adjacent to an activating group) is 1. The maximum Gasteiger partial charge on any atom is 0.256 e. The number of fused-ring (bicyclic) bond motifs is 1. The molecule has 6 rings (SSSR count). The Morgan fingerprint density at radius 2 is 1.53 bits per heavy atom. The molecular weight excluding hydrogens is 494 g/mol. The molecule has 2 aliphatic rings. The van der Waals surface area contributed by atoms with Gasteiger partial charge in [-0.05, 0) is 73.9 Å². The van der Waals surface area contributed by atoms with Crippen molar-refractivity contribution in [3.05, 3.63) is 86.7 Å². The number of hydrogen-bond donors (Lipinski definition) is 0. The minimum Gasteiger partial charge on any atom is -0.335 e. The molecule has 10 heteroatoms. The van der Waals surface area contributed by atoms with Crippen LogP contribution in [0.5, 0.6) is 0 Å². The molecule has 0 unspecified atom stereocenters. The fourth-order valence-corrected chi connectivity index (χ4v) is 5.58. The highest BCUT2D eigenvalue weighted by atomic mass is 32.1. The summed E-state index contributed by atoms with van der Waals surface area (Å²) in [5.41, 5.74) is 7.77. The molecule has 0 spiro atoms. The highest BCUT2D eigenvalue weighted by Crippen LogP contribution is 2.46. The van der Waals surface area contributed by atoms with Crippen LogP contribution in [0.3, 0.4) is 0 Å². The molecule has 6 heterocycles. The van der Waals surface area contributed by atoms with Crippen LogP contribution in [0.1, 0.15) is 48.0 Å². The van der Waals surface area contributed by atoms with E-state index in [1.807, 2.05) is 53.0 Å². The molecule has 4 aromatic rings. The number of nitrogens with zero attached hydrogens (tertiary/aromatic N) is 9. The summed E-state index contributed by atoms with van der Waals surface area (Å²) in [5.74, 6) is 2.33. The van der Waals surface area contributed by atoms with Gasteiger partial charge < -0.3 is 4.90 Å². The molecule has 0 bridgehead atoms. The van der Waals surface area contributed by atoms with E-state index >= 15 is 0 Å². The Bertz CT molecular complexity index is 1630. The van der Waals surface area contributed by atoms with Gasteiger partial charge in [-0.3, -0.25) is 0 Å². The number of aryl methyl sites for hydroxylation is 4. The summed E-state index contributed by atoms with van der Waals surface area (Å²) in [6.45, 7) is 12.3. The third kappa shape index (κ3) is 4.01. The fraction of sp³-hybridized carbons (Fsp3) is 0.286. The van der Waals surface area contributed by atoms with Gasteiger partial charge in [-0.2, -0.15) is 36.5 Å². The predicted molar refractivity (Wildman–Crippen MR) is 150 cm³/mol. The number of rotatable bonds is 4. The van der Waals surface area contributed by atoms with E-state index in [0.717, 1.165) is 34.3 Å². The topological polar surface area (TPSA) is 89.9 Å². The van der Waals surface area contributed by atoms with Gasteiger partial charge in [-0.1, -0.05) is 13.8 Å². The van der Waals surface area contributed by atoms with E-state index in [9.17, 15) is 0 Å². The summed E-state index contributed by atoms with van der Waals surface area (Å²) in [6.07, 6.45) is 6.34. The highest BCUT2D eigenvalue weighted by Gasteiger charge is 2.40. The molecule has 0 N–H and O–H groups in total. The van der Waals surface area contributed by atoms with E-state index in [2.05, 4.69) is 58.0 Å². The quantitative estimate of drug-likeness (QED) is 0.364. The fourth-order valence-electron chi connectivity index (χ4n) is 4.92. The lowest BCUT2D eigenvalue weighted by molar-refractivity contribution is 0.567. The van der Waals surface area contributed by atoms with Gasteiger partial charge >= 0.3 is 0 Å². The third-order valence-electron chi connectivity index (χ3n) is 6.90. The number of aliphatic imine (C=N–C) groups is 1. The van der Waals surface area contributed by atoms with E-state index in [-0.39, 0.29) is 5.41 Å². The largest absolute Gasteiger partial charge is 0.335 e. The number of hydrogen-bond acceptors (Lipinski definition) is 8. The molecule has 38 heavy (non-hydrogen) atoms. The molecule has 9 nitrogen and oxygen atoms in total. The average molecular weight is 524 g/mol. The lowest BCUT2D eigenvalue weighted by Crippen LogP contribution is -2.28. The molecule has 2 aliphatic heterocycles. The Morgan fingerprint density at radius 1 is 0.895 bits per heavy atom. The molecule has 0 atom stereocenters. The second kappa shape index (κ2) is 8.70. The predicted octanol–water partition coefficient (Wildman–Crippen LogP) is 5.23. The first-order valence-corrected chi connectivity index (χ1v) is 13.4. The standard InChI is InChI=1S/C28H29N9S/c1-16-10-18(3)36(33-16)26-30-24(31-27(32-26)37-19(4)11-17(2)34-37)13-23-28(5,6)22-12-21(20-8-9-38-15-20)14-35(7)25(22)29-23/h8-15H,1-7H3/b23-13-. The molecule has 0 radical (unpaired) electrons. The normalized spacial score (nSPS) is 17.5. The van der Waals surface area contributed by atoms with Crippen molar-refractivity contribution in [2.45, 2.75) is 41.5 Å². The zero-order valence-corrected chi connectivity index (χ0v) is 23.4. The number of amidine groups is 1. The second-order valence-electron chi connectivity index (χ2n) is 10.3. The summed E-state index contributed by atoms with van der Waals surface area (Å²) in [4.78, 5) is 21.5. The van der Waals surface area contributed by atoms with E-state index < -0.39 is 0 Å². The van der Waals surface area contributed by atoms with Crippen molar-refractivity contribution < 1.29 is 0 Å². The van der Waals surface area contributed by atoms with Gasteiger partial charge in [0, 0.05) is 41.7 Å². The zero-order chi connectivity index (χ0) is 26.8. The van der Waals surface area contributed by atoms with Crippen LogP contribution < -0.4 is 0 Å². The Morgan fingerprint density at radius 3 is 2.05 bits per heavy atom. The van der Waals surface area contributed by atoms with Crippen molar-refractivity contribution in [1.82, 2.24) is 39.4 Å². The molecule has 0 amide bonds. The van der Waals surface area contributed by atoms with Crippen molar-refractivity contribution >= 4 is 28.8 Å². The minimum atomic E-state index is -0.345. The summed E-state index contributed by atoms with van der Waals surface area (Å²) in [7, 11) is 2.04. The Balaban J connectivity index is 1.48. The number of aromatic nitrogens is 7. The van der Waals surface area contributed by atoms with E-state index in [1.165, 1.54) is 16.7 Å². The average Bonchev–Trinajstić information content (AvgIpc) is 3.62. The lowest BCUT2D eigenvalue weighted by Gasteiger charge is -2.28. The molecule has 0 saturated heterocycles. The summed E-state index contributed by atoms with van der Waals surface area (Å²) >= 11 is 1.70. The SMILES string of the molecule is Cc1cc(C)n(-c2nc(/C=C3\N=C4C(=CC(c5ccsc5)=CN4C)C3(C)C)nc(-n3nc(C)cc3C)n2)n1. The van der Waals surface area contributed by atoms with Gasteiger partial charge in [-0.25, -0.2) is 14.4 Å². The summed E-state index contributed by atoms with van der Waals surface area (Å²) < 4.78 is 3.49. The molecule has 4 aromatic heterocycles. The zero-order valence-electron chi connectivity index (χ0n) is 22.6. The highest BCUT2D eigenvalue weighted by molar-refractivity contribution is 7.08. The van der Waals surface area contributed by atoms with Crippen molar-refractivity contribution in [2.24, 2.45) is 10.4 Å². The van der Waals surface area contributed by atoms with E-state index in [0.29, 0.717) is 17.7 Å². The van der Waals surface area contributed by atoms with Gasteiger partial charge in [0.25, 0.3) is 11.9 Å². The molecule has 0 fully saturated rings. The third-order valence-corrected chi connectivity index (χ3v) is 7.58. The van der Waals surface area contributed by atoms with Gasteiger partial charge in [0.05, 0.1) is 17.1 Å². The van der Waals surface area contributed by atoms with Crippen molar-refractivity contribution in [2.75, 3.05) is 7.05 Å². The molecular formula is C28H29N9S. The monoisotopic (exact) mass is 523 g/mol. The second-order valence-corrected chi connectivity index (χ2v) is 11.1. The van der Waals surface area contributed by atoms with Crippen LogP contribution in [-0.2, 0) is 0 Å². The first kappa shape index (κ1) is 24.2.